The normalized spacial score (nSPS) is 18.8. The molecule has 1 aliphatic rings. The molecule has 3 nitrogen and oxygen atoms in total. The molecule has 0 radical (unpaired) electrons. The predicted octanol–water partition coefficient (Wildman–Crippen LogP) is 2.52. The fourth-order valence-corrected chi connectivity index (χ4v) is 2.15. The second-order valence-corrected chi connectivity index (χ2v) is 4.52. The van der Waals surface area contributed by atoms with Gasteiger partial charge in [0.05, 0.1) is 6.54 Å². The first-order valence-electron chi connectivity index (χ1n) is 5.99. The topological polar surface area (TPSA) is 28.2 Å². The van der Waals surface area contributed by atoms with Crippen molar-refractivity contribution in [3.8, 4) is 0 Å². The summed E-state index contributed by atoms with van der Waals surface area (Å²) in [6.07, 6.45) is -0.971. The van der Waals surface area contributed by atoms with Crippen molar-refractivity contribution in [1.82, 2.24) is 9.88 Å². The van der Waals surface area contributed by atoms with Crippen LogP contribution in [0.15, 0.2) is 24.4 Å². The molecule has 0 spiro atoms. The van der Waals surface area contributed by atoms with E-state index in [1.165, 1.54) is 4.90 Å². The highest BCUT2D eigenvalue weighted by molar-refractivity contribution is 5.34. The minimum absolute atomic E-state index is 0.212. The minimum Gasteiger partial charge on any atom is -0.367 e. The monoisotopic (exact) mass is 259 g/mol. The molecule has 18 heavy (non-hydrogen) atoms. The average molecular weight is 259 g/mol. The standard InChI is InChI=1S/C12H16F3N3/c13-12(14,15)9-18-7-4-10(5-8-18)17-11-3-1-2-6-16-11/h1-3,6,10H,4-5,7-9H2,(H,16,17). The molecule has 6 heteroatoms. The number of piperidine rings is 1. The summed E-state index contributed by atoms with van der Waals surface area (Å²) in [5.41, 5.74) is 0. The van der Waals surface area contributed by atoms with Crippen molar-refractivity contribution in [1.29, 1.82) is 0 Å². The number of anilines is 1. The van der Waals surface area contributed by atoms with Crippen molar-refractivity contribution >= 4 is 5.82 Å². The summed E-state index contributed by atoms with van der Waals surface area (Å²) in [5.74, 6) is 0.784. The van der Waals surface area contributed by atoms with Crippen LogP contribution < -0.4 is 5.32 Å². The lowest BCUT2D eigenvalue weighted by molar-refractivity contribution is -0.147. The summed E-state index contributed by atoms with van der Waals surface area (Å²) < 4.78 is 36.7. The van der Waals surface area contributed by atoms with Crippen LogP contribution in [0.3, 0.4) is 0 Å². The van der Waals surface area contributed by atoms with Crippen molar-refractivity contribution in [2.45, 2.75) is 25.1 Å². The molecule has 0 saturated carbocycles. The van der Waals surface area contributed by atoms with Gasteiger partial charge in [0.2, 0.25) is 0 Å². The average Bonchev–Trinajstić information content (AvgIpc) is 2.31. The van der Waals surface area contributed by atoms with E-state index in [1.54, 1.807) is 6.20 Å². The van der Waals surface area contributed by atoms with Gasteiger partial charge in [0, 0.05) is 25.3 Å². The molecule has 100 valence electrons. The third-order valence-corrected chi connectivity index (χ3v) is 3.01. The largest absolute Gasteiger partial charge is 0.401 e. The van der Waals surface area contributed by atoms with E-state index in [2.05, 4.69) is 10.3 Å². The van der Waals surface area contributed by atoms with E-state index in [1.807, 2.05) is 18.2 Å². The lowest BCUT2D eigenvalue weighted by Crippen LogP contribution is -2.43. The highest BCUT2D eigenvalue weighted by atomic mass is 19.4. The Morgan fingerprint density at radius 2 is 2.00 bits per heavy atom. The highest BCUT2D eigenvalue weighted by Gasteiger charge is 2.32. The molecule has 1 aliphatic heterocycles. The first kappa shape index (κ1) is 13.1. The van der Waals surface area contributed by atoms with Gasteiger partial charge >= 0.3 is 6.18 Å². The van der Waals surface area contributed by atoms with Crippen LogP contribution in [0.25, 0.3) is 0 Å². The molecule has 0 atom stereocenters. The molecule has 1 saturated heterocycles. The van der Waals surface area contributed by atoms with E-state index in [-0.39, 0.29) is 6.04 Å². The molecular formula is C12H16F3N3. The number of halogens is 3. The zero-order valence-electron chi connectivity index (χ0n) is 9.95. The van der Waals surface area contributed by atoms with Crippen LogP contribution in [0.4, 0.5) is 19.0 Å². The van der Waals surface area contributed by atoms with E-state index in [0.29, 0.717) is 25.9 Å². The lowest BCUT2D eigenvalue weighted by Gasteiger charge is -2.32. The molecule has 0 aliphatic carbocycles. The van der Waals surface area contributed by atoms with Gasteiger partial charge in [0.15, 0.2) is 0 Å². The van der Waals surface area contributed by atoms with E-state index in [0.717, 1.165) is 5.82 Å². The number of nitrogens with zero attached hydrogens (tertiary/aromatic N) is 2. The summed E-state index contributed by atoms with van der Waals surface area (Å²) in [6.45, 7) is 0.150. The molecule has 0 bridgehead atoms. The first-order valence-corrected chi connectivity index (χ1v) is 5.99. The molecular weight excluding hydrogens is 243 g/mol. The SMILES string of the molecule is FC(F)(F)CN1CCC(Nc2ccccn2)CC1. The Labute approximate surface area is 104 Å². The van der Waals surface area contributed by atoms with Crippen LogP contribution in [0.5, 0.6) is 0 Å². The van der Waals surface area contributed by atoms with Crippen molar-refractivity contribution in [2.75, 3.05) is 25.0 Å². The van der Waals surface area contributed by atoms with Crippen LogP contribution in [0.2, 0.25) is 0 Å². The third kappa shape index (κ3) is 4.18. The van der Waals surface area contributed by atoms with Crippen molar-refractivity contribution in [2.24, 2.45) is 0 Å². The van der Waals surface area contributed by atoms with Gasteiger partial charge in [-0.1, -0.05) is 6.07 Å². The Balaban J connectivity index is 1.77. The first-order chi connectivity index (χ1) is 8.53. The zero-order valence-corrected chi connectivity index (χ0v) is 9.95. The summed E-state index contributed by atoms with van der Waals surface area (Å²) >= 11 is 0. The number of likely N-dealkylation sites (tertiary alicyclic amines) is 1. The Kier molecular flexibility index (Phi) is 4.06. The fraction of sp³-hybridized carbons (Fsp3) is 0.583. The van der Waals surface area contributed by atoms with Crippen molar-refractivity contribution in [3.05, 3.63) is 24.4 Å². The smallest absolute Gasteiger partial charge is 0.367 e. The molecule has 1 aromatic rings. The number of aromatic nitrogens is 1. The van der Waals surface area contributed by atoms with Gasteiger partial charge in [-0.3, -0.25) is 4.90 Å². The van der Waals surface area contributed by atoms with Gasteiger partial charge in [-0.25, -0.2) is 4.98 Å². The predicted molar refractivity (Wildman–Crippen MR) is 63.4 cm³/mol. The molecule has 0 amide bonds. The molecule has 1 N–H and O–H groups in total. The van der Waals surface area contributed by atoms with E-state index in [4.69, 9.17) is 0 Å². The van der Waals surface area contributed by atoms with Crippen LogP contribution in [-0.2, 0) is 0 Å². The van der Waals surface area contributed by atoms with Crippen molar-refractivity contribution in [3.63, 3.8) is 0 Å². The second-order valence-electron chi connectivity index (χ2n) is 4.52. The highest BCUT2D eigenvalue weighted by Crippen LogP contribution is 2.20. The van der Waals surface area contributed by atoms with Crippen LogP contribution in [-0.4, -0.2) is 41.7 Å². The quantitative estimate of drug-likeness (QED) is 0.904. The number of alkyl halides is 3. The van der Waals surface area contributed by atoms with Crippen LogP contribution in [0, 0.1) is 0 Å². The van der Waals surface area contributed by atoms with Crippen LogP contribution in [0.1, 0.15) is 12.8 Å². The van der Waals surface area contributed by atoms with E-state index in [9.17, 15) is 13.2 Å². The maximum absolute atomic E-state index is 12.2. The summed E-state index contributed by atoms with van der Waals surface area (Å²) in [7, 11) is 0. The lowest BCUT2D eigenvalue weighted by atomic mass is 10.1. The fourth-order valence-electron chi connectivity index (χ4n) is 2.15. The number of nitrogens with one attached hydrogen (secondary N) is 1. The number of hydrogen-bond acceptors (Lipinski definition) is 3. The molecule has 2 rings (SSSR count). The van der Waals surface area contributed by atoms with Gasteiger partial charge in [-0.05, 0) is 25.0 Å². The number of rotatable bonds is 3. The second kappa shape index (κ2) is 5.56. The third-order valence-electron chi connectivity index (χ3n) is 3.01. The Morgan fingerprint density at radius 3 is 2.56 bits per heavy atom. The molecule has 0 unspecified atom stereocenters. The van der Waals surface area contributed by atoms with Gasteiger partial charge in [-0.2, -0.15) is 13.2 Å². The minimum atomic E-state index is -4.10. The van der Waals surface area contributed by atoms with Gasteiger partial charge < -0.3 is 5.32 Å². The van der Waals surface area contributed by atoms with Gasteiger partial charge in [-0.15, -0.1) is 0 Å². The summed E-state index contributed by atoms with van der Waals surface area (Å²) in [6, 6.07) is 5.79. The molecule has 2 heterocycles. The van der Waals surface area contributed by atoms with E-state index >= 15 is 0 Å². The molecule has 1 fully saturated rings. The van der Waals surface area contributed by atoms with Crippen LogP contribution >= 0.6 is 0 Å². The summed E-state index contributed by atoms with van der Waals surface area (Å²) in [4.78, 5) is 5.60. The summed E-state index contributed by atoms with van der Waals surface area (Å²) in [5, 5.41) is 3.25. The zero-order chi connectivity index (χ0) is 13.0. The molecule has 1 aromatic heterocycles. The van der Waals surface area contributed by atoms with Gasteiger partial charge in [0.1, 0.15) is 5.82 Å². The van der Waals surface area contributed by atoms with Crippen molar-refractivity contribution < 1.29 is 13.2 Å². The number of hydrogen-bond donors (Lipinski definition) is 1. The number of pyridine rings is 1. The maximum Gasteiger partial charge on any atom is 0.401 e. The molecule has 0 aromatic carbocycles. The Bertz CT molecular complexity index is 359. The van der Waals surface area contributed by atoms with Gasteiger partial charge in [0.25, 0.3) is 0 Å². The Hall–Kier alpha value is -1.30. The van der Waals surface area contributed by atoms with E-state index < -0.39 is 12.7 Å². The maximum atomic E-state index is 12.2. The Morgan fingerprint density at radius 1 is 1.28 bits per heavy atom.